The number of benzene rings is 5. The normalized spacial score (nSPS) is 18.5. The molecule has 8 atom stereocenters. The minimum atomic E-state index is -0.520. The van der Waals surface area contributed by atoms with Gasteiger partial charge < -0.3 is 42.8 Å². The fraction of sp³-hybridized carbons (Fsp3) is 0.471. The van der Waals surface area contributed by atoms with Crippen molar-refractivity contribution in [2.45, 2.75) is 176 Å². The van der Waals surface area contributed by atoms with Crippen molar-refractivity contribution < 1.29 is 60.5 Å². The number of methoxy groups -OCH3 is 2. The minimum Gasteiger partial charge on any atom is -0.497 e. The molecule has 114 heavy (non-hydrogen) atoms. The van der Waals surface area contributed by atoms with Crippen molar-refractivity contribution in [3.63, 3.8) is 0 Å². The summed E-state index contributed by atoms with van der Waals surface area (Å²) in [6.45, 7) is 25.2. The van der Waals surface area contributed by atoms with Crippen LogP contribution in [-0.4, -0.2) is 170 Å². The Hall–Kier alpha value is -10.2. The van der Waals surface area contributed by atoms with Gasteiger partial charge in [0, 0.05) is 124 Å². The Morgan fingerprint density at radius 1 is 0.509 bits per heavy atom. The van der Waals surface area contributed by atoms with Crippen LogP contribution < -0.4 is 29.1 Å². The van der Waals surface area contributed by atoms with Gasteiger partial charge in [0.1, 0.15) is 66.8 Å². The number of Topliss-reactive ketones (excluding diaryl/α,β-unsaturated/α-hetero) is 1. The number of ether oxygens (including phenoxy) is 5. The van der Waals surface area contributed by atoms with Crippen LogP contribution in [0.25, 0.3) is 55.0 Å². The summed E-state index contributed by atoms with van der Waals surface area (Å²) in [5.74, 6) is 4.78. The van der Waals surface area contributed by atoms with Crippen LogP contribution in [-0.2, 0) is 64.5 Å². The van der Waals surface area contributed by atoms with Crippen LogP contribution in [0, 0.1) is 38.5 Å². The van der Waals surface area contributed by atoms with Crippen LogP contribution in [0.2, 0.25) is 5.02 Å². The SMILES string of the molecule is COc1ccc([C@H](C)N2C[C@H]([C@@H](C)Oc3cc(-c4cnn(CCF)c4)cc4nn(C)c(C)c34)CC2=O)cc1.COc1ccc([C@H](C)N2C[C@H]([C@@H](C)Oc3cc(B4OC(C)(C)C(C)(C)O4)cc4nn(C)c(C)c34)CC2=O)cc1.Cc1c2c(O[C@H](C)[C@H]3CCC(=O)C3)cc(-c3cnn(CCF)c3)cc2nn1C.FCCn1cc(Cl)cn1. The number of aryl methyl sites for hydroxylation is 9. The summed E-state index contributed by atoms with van der Waals surface area (Å²) in [5.41, 5.74) is 11.3. The van der Waals surface area contributed by atoms with E-state index < -0.39 is 38.3 Å². The summed E-state index contributed by atoms with van der Waals surface area (Å²) in [7, 11) is 8.54. The number of amides is 2. The van der Waals surface area contributed by atoms with Crippen molar-refractivity contribution in [1.29, 1.82) is 0 Å². The lowest BCUT2D eigenvalue weighted by Gasteiger charge is -2.32. The second-order valence-corrected chi connectivity index (χ2v) is 31.7. The van der Waals surface area contributed by atoms with E-state index in [4.69, 9.17) is 49.7 Å². The Morgan fingerprint density at radius 2 is 0.886 bits per heavy atom. The number of likely N-dealkylation sites (tertiary alicyclic amines) is 2. The molecular weight excluding hydrogens is 1480 g/mol. The third-order valence-electron chi connectivity index (χ3n) is 23.3. The Balaban J connectivity index is 0.000000151. The van der Waals surface area contributed by atoms with Gasteiger partial charge in [-0.05, 0) is 178 Å². The van der Waals surface area contributed by atoms with Crippen LogP contribution in [0.15, 0.2) is 122 Å². The van der Waals surface area contributed by atoms with Gasteiger partial charge in [0.05, 0.1) is 120 Å². The number of hydrogen-bond acceptors (Lipinski definition) is 16. The number of aromatic nitrogens is 12. The van der Waals surface area contributed by atoms with E-state index >= 15 is 0 Å². The molecular formula is C85H105BClF3N14O10. The minimum absolute atomic E-state index is 0.0282. The van der Waals surface area contributed by atoms with Gasteiger partial charge in [-0.25, -0.2) is 13.2 Å². The molecule has 0 radical (unpaired) electrons. The first kappa shape index (κ1) is 83.2. The molecule has 606 valence electrons. The van der Waals surface area contributed by atoms with Crippen LogP contribution in [0.4, 0.5) is 13.2 Å². The van der Waals surface area contributed by atoms with Crippen molar-refractivity contribution in [1.82, 2.24) is 68.5 Å². The van der Waals surface area contributed by atoms with E-state index in [1.165, 1.54) is 10.9 Å². The van der Waals surface area contributed by atoms with Gasteiger partial charge in [-0.2, -0.15) is 30.6 Å². The molecule has 0 bridgehead atoms. The quantitative estimate of drug-likeness (QED) is 0.0512. The smallest absolute Gasteiger partial charge is 0.495 e. The third kappa shape index (κ3) is 18.3. The highest BCUT2D eigenvalue weighted by atomic mass is 35.5. The van der Waals surface area contributed by atoms with Gasteiger partial charge in [-0.1, -0.05) is 35.9 Å². The molecule has 0 spiro atoms. The van der Waals surface area contributed by atoms with E-state index in [9.17, 15) is 27.6 Å². The van der Waals surface area contributed by atoms with Crippen molar-refractivity contribution >= 4 is 74.5 Å². The molecule has 4 aliphatic rings. The van der Waals surface area contributed by atoms with Crippen LogP contribution in [0.3, 0.4) is 0 Å². The molecule has 4 fully saturated rings. The number of rotatable bonds is 24. The Morgan fingerprint density at radius 3 is 1.25 bits per heavy atom. The van der Waals surface area contributed by atoms with Crippen molar-refractivity contribution in [3.8, 4) is 51.0 Å². The Labute approximate surface area is 669 Å². The molecule has 1 aliphatic carbocycles. The second-order valence-electron chi connectivity index (χ2n) is 31.3. The number of halogens is 4. The number of hydrogen-bond donors (Lipinski definition) is 0. The Bertz CT molecular complexity index is 5190. The van der Waals surface area contributed by atoms with E-state index in [0.29, 0.717) is 49.6 Å². The average molecular weight is 1590 g/mol. The van der Waals surface area contributed by atoms with Gasteiger partial charge in [0.15, 0.2) is 0 Å². The molecule has 15 rings (SSSR count). The second kappa shape index (κ2) is 35.3. The molecule has 6 aromatic heterocycles. The zero-order valence-electron chi connectivity index (χ0n) is 68.3. The third-order valence-corrected chi connectivity index (χ3v) is 23.5. The van der Waals surface area contributed by atoms with Gasteiger partial charge in [-0.3, -0.25) is 42.5 Å². The molecule has 2 amide bonds. The highest BCUT2D eigenvalue weighted by Gasteiger charge is 2.52. The molecule has 3 aliphatic heterocycles. The zero-order valence-corrected chi connectivity index (χ0v) is 69.0. The van der Waals surface area contributed by atoms with E-state index in [-0.39, 0.29) is 79.6 Å². The predicted molar refractivity (Wildman–Crippen MR) is 435 cm³/mol. The van der Waals surface area contributed by atoms with Crippen molar-refractivity contribution in [2.75, 3.05) is 47.3 Å². The van der Waals surface area contributed by atoms with E-state index in [1.807, 2.05) is 205 Å². The van der Waals surface area contributed by atoms with Gasteiger partial charge in [0.25, 0.3) is 0 Å². The zero-order chi connectivity index (χ0) is 81.8. The number of fused-ring (bicyclic) bond motifs is 3. The maximum absolute atomic E-state index is 13.1. The molecule has 24 nitrogen and oxygen atoms in total. The van der Waals surface area contributed by atoms with Crippen LogP contribution in [0.5, 0.6) is 28.7 Å². The summed E-state index contributed by atoms with van der Waals surface area (Å²) in [4.78, 5) is 41.7. The topological polar surface area (TPSA) is 229 Å². The monoisotopic (exact) mass is 1580 g/mol. The maximum Gasteiger partial charge on any atom is 0.495 e. The first-order chi connectivity index (χ1) is 54.4. The lowest BCUT2D eigenvalue weighted by molar-refractivity contribution is -0.130. The van der Waals surface area contributed by atoms with Gasteiger partial charge in [-0.15, -0.1) is 0 Å². The molecule has 11 aromatic rings. The van der Waals surface area contributed by atoms with Crippen molar-refractivity contribution in [3.05, 3.63) is 155 Å². The summed E-state index contributed by atoms with van der Waals surface area (Å²) in [6, 6.07) is 27.8. The number of carbonyl (C=O) groups excluding carboxylic acids is 3. The highest BCUT2D eigenvalue weighted by molar-refractivity contribution is 6.62. The fourth-order valence-corrected chi connectivity index (χ4v) is 15.4. The van der Waals surface area contributed by atoms with Crippen LogP contribution >= 0.6 is 11.6 Å². The molecule has 3 saturated heterocycles. The van der Waals surface area contributed by atoms with E-state index in [0.717, 1.165) is 124 Å². The van der Waals surface area contributed by atoms with Gasteiger partial charge in [0.2, 0.25) is 11.8 Å². The molecule has 1 saturated carbocycles. The lowest BCUT2D eigenvalue weighted by Crippen LogP contribution is -2.41. The predicted octanol–water partition coefficient (Wildman–Crippen LogP) is 15.0. The van der Waals surface area contributed by atoms with E-state index in [1.54, 1.807) is 42.2 Å². The number of nitrogens with zero attached hydrogens (tertiary/aromatic N) is 14. The summed E-state index contributed by atoms with van der Waals surface area (Å²) in [6.07, 6.45) is 12.8. The van der Waals surface area contributed by atoms with Gasteiger partial charge >= 0.3 is 7.12 Å². The molecule has 0 N–H and O–H groups in total. The largest absolute Gasteiger partial charge is 0.497 e. The lowest BCUT2D eigenvalue weighted by atomic mass is 9.78. The fourth-order valence-electron chi connectivity index (χ4n) is 15.2. The standard InChI is InChI=1S/C30H40BN3O5.C29H34FN5O3.C21H25FN4O2.C5H6ClFN2/c1-18(21-10-12-24(36-9)13-11-21)34-17-22(14-27(34)35)20(3)37-26-16-23(15-25-28(26)19(2)33(8)32-25)31-38-29(4,5)30(6,7)39-31;1-18(21-6-8-25(37-5)9-7-21)35-17-23(14-28(35)36)20(3)38-27-13-22(24-15-31-34(16-24)11-10-30)12-26-29(27)19(2)33(4)32-26;1-13-21-19(24-25(13)3)9-16(17-11-23-26(12-17)7-6-22)10-20(21)28-14(2)15-4-5-18(27)8-15;6-5-3-8-9(4-5)2-1-7/h10-13,15-16,18,20,22H,14,17H2,1-9H3;6-9,12-13,15-16,18,20,23H,10-11,14,17H2,1-5H3;9-12,14-15H,4-8H2,1-3H3;3-4H,1-2H2/t18-,20+,22+;18-,20+,23+;14-,15+;/m001./s1. The first-order valence-corrected chi connectivity index (χ1v) is 39.3. The number of ketones is 1. The maximum atomic E-state index is 13.1. The van der Waals surface area contributed by atoms with E-state index in [2.05, 4.69) is 46.3 Å². The first-order valence-electron chi connectivity index (χ1n) is 39.0. The Kier molecular flexibility index (Phi) is 25.8. The number of alkyl halides is 3. The molecule has 9 heterocycles. The average Bonchev–Trinajstić information content (AvgIpc) is 1.62. The van der Waals surface area contributed by atoms with Crippen molar-refractivity contribution in [2.24, 2.45) is 38.9 Å². The molecule has 0 unspecified atom stereocenters. The summed E-state index contributed by atoms with van der Waals surface area (Å²) in [5, 5.41) is 29.7. The molecule has 5 aromatic carbocycles. The summed E-state index contributed by atoms with van der Waals surface area (Å²) < 4.78 is 90.1. The van der Waals surface area contributed by atoms with Crippen LogP contribution in [0.1, 0.15) is 135 Å². The molecule has 29 heteroatoms. The summed E-state index contributed by atoms with van der Waals surface area (Å²) >= 11 is 5.49. The number of carbonyl (C=O) groups is 3. The highest BCUT2D eigenvalue weighted by Crippen LogP contribution is 2.43.